The first-order chi connectivity index (χ1) is 16.8. The van der Waals surface area contributed by atoms with E-state index in [4.69, 9.17) is 11.5 Å². The van der Waals surface area contributed by atoms with E-state index in [9.17, 15) is 34.2 Å². The monoisotopic (exact) mass is 525 g/mol. The van der Waals surface area contributed by atoms with Gasteiger partial charge in [-0.1, -0.05) is 26.0 Å². The Labute approximate surface area is 213 Å². The molecule has 1 aromatic carbocycles. The third-order valence-corrected chi connectivity index (χ3v) is 5.88. The predicted molar refractivity (Wildman–Crippen MR) is 135 cm³/mol. The molecule has 0 heterocycles. The number of phenols is 1. The number of hydrogen-bond acceptors (Lipinski definition) is 8. The summed E-state index contributed by atoms with van der Waals surface area (Å²) >= 11 is 1.44. The van der Waals surface area contributed by atoms with E-state index in [-0.39, 0.29) is 18.6 Å². The molecule has 200 valence electrons. The molecule has 1 aromatic rings. The van der Waals surface area contributed by atoms with Gasteiger partial charge in [-0.05, 0) is 42.0 Å². The zero-order chi connectivity index (χ0) is 27.4. The van der Waals surface area contributed by atoms with Crippen molar-refractivity contribution in [3.05, 3.63) is 29.8 Å². The molecule has 0 bridgehead atoms. The molecule has 0 fully saturated rings. The lowest BCUT2D eigenvalue weighted by molar-refractivity contribution is -0.142. The molecule has 0 aliphatic carbocycles. The minimum absolute atomic E-state index is 0.0123. The van der Waals surface area contributed by atoms with Crippen LogP contribution in [0.5, 0.6) is 5.75 Å². The van der Waals surface area contributed by atoms with Gasteiger partial charge in [-0.3, -0.25) is 19.2 Å². The van der Waals surface area contributed by atoms with Gasteiger partial charge in [0, 0.05) is 6.42 Å². The van der Waals surface area contributed by atoms with Crippen LogP contribution >= 0.6 is 11.8 Å². The maximum Gasteiger partial charge on any atom is 0.326 e. The van der Waals surface area contributed by atoms with Crippen molar-refractivity contribution in [3.8, 4) is 5.75 Å². The maximum absolute atomic E-state index is 13.2. The highest BCUT2D eigenvalue weighted by atomic mass is 32.2. The second kappa shape index (κ2) is 14.9. The van der Waals surface area contributed by atoms with Crippen molar-refractivity contribution in [2.24, 2.45) is 17.4 Å². The molecular weight excluding hydrogens is 490 g/mol. The van der Waals surface area contributed by atoms with Gasteiger partial charge in [0.05, 0.1) is 12.5 Å². The quantitative estimate of drug-likeness (QED) is 0.151. The van der Waals surface area contributed by atoms with Crippen LogP contribution in [0.4, 0.5) is 0 Å². The topological polar surface area (TPSA) is 214 Å². The van der Waals surface area contributed by atoms with Gasteiger partial charge in [-0.2, -0.15) is 11.8 Å². The number of nitrogens with one attached hydrogen (secondary N) is 3. The number of aromatic hydroxyl groups is 1. The first kappa shape index (κ1) is 30.7. The van der Waals surface area contributed by atoms with E-state index in [2.05, 4.69) is 16.0 Å². The number of carbonyl (C=O) groups is 5. The summed E-state index contributed by atoms with van der Waals surface area (Å²) in [7, 11) is 0. The van der Waals surface area contributed by atoms with Gasteiger partial charge in [0.2, 0.25) is 23.6 Å². The minimum Gasteiger partial charge on any atom is -0.508 e. The van der Waals surface area contributed by atoms with Crippen LogP contribution in [0.1, 0.15) is 32.3 Å². The highest BCUT2D eigenvalue weighted by Gasteiger charge is 2.32. The van der Waals surface area contributed by atoms with Crippen molar-refractivity contribution in [2.45, 2.75) is 57.3 Å². The number of benzene rings is 1. The Morgan fingerprint density at radius 1 is 0.944 bits per heavy atom. The van der Waals surface area contributed by atoms with Gasteiger partial charge in [0.1, 0.15) is 23.9 Å². The number of rotatable bonds is 15. The first-order valence-electron chi connectivity index (χ1n) is 11.3. The third kappa shape index (κ3) is 10.5. The second-order valence-electron chi connectivity index (χ2n) is 8.62. The van der Waals surface area contributed by atoms with Crippen LogP contribution in [0.2, 0.25) is 0 Å². The molecule has 0 aromatic heterocycles. The van der Waals surface area contributed by atoms with Crippen molar-refractivity contribution >= 4 is 41.4 Å². The lowest BCUT2D eigenvalue weighted by Crippen LogP contribution is -2.59. The van der Waals surface area contributed by atoms with Crippen LogP contribution in [-0.4, -0.2) is 76.0 Å². The fraction of sp³-hybridized carbons (Fsp3) is 0.522. The molecule has 13 heteroatoms. The van der Waals surface area contributed by atoms with Crippen LogP contribution in [-0.2, 0) is 30.4 Å². The van der Waals surface area contributed by atoms with E-state index in [0.29, 0.717) is 11.3 Å². The number of amides is 4. The zero-order valence-electron chi connectivity index (χ0n) is 20.5. The van der Waals surface area contributed by atoms with Gasteiger partial charge in [0.15, 0.2) is 0 Å². The summed E-state index contributed by atoms with van der Waals surface area (Å²) in [6.45, 7) is 3.36. The van der Waals surface area contributed by atoms with Crippen molar-refractivity contribution < 1.29 is 34.2 Å². The lowest BCUT2D eigenvalue weighted by Gasteiger charge is -2.27. The van der Waals surface area contributed by atoms with Gasteiger partial charge in [0.25, 0.3) is 0 Å². The van der Waals surface area contributed by atoms with E-state index in [1.165, 1.54) is 23.9 Å². The van der Waals surface area contributed by atoms with Crippen LogP contribution < -0.4 is 27.4 Å². The first-order valence-corrected chi connectivity index (χ1v) is 12.7. The van der Waals surface area contributed by atoms with Crippen LogP contribution in [0.3, 0.4) is 0 Å². The molecule has 0 aliphatic rings. The molecule has 0 saturated heterocycles. The smallest absolute Gasteiger partial charge is 0.326 e. The molecule has 9 N–H and O–H groups in total. The van der Waals surface area contributed by atoms with Crippen molar-refractivity contribution in [1.29, 1.82) is 0 Å². The number of hydrogen-bond donors (Lipinski definition) is 7. The number of carboxylic acid groups (broad SMARTS) is 1. The average molecular weight is 526 g/mol. The molecule has 0 saturated carbocycles. The molecule has 36 heavy (non-hydrogen) atoms. The van der Waals surface area contributed by atoms with E-state index < -0.39 is 66.1 Å². The normalized spacial score (nSPS) is 14.2. The SMILES string of the molecule is CSCCC(NC(=O)C(NC(=O)C(Cc1ccc(O)cc1)NC(=O)C(N)CC(N)=O)C(C)C)C(=O)O. The van der Waals surface area contributed by atoms with E-state index in [0.717, 1.165) is 0 Å². The summed E-state index contributed by atoms with van der Waals surface area (Å²) in [4.78, 5) is 61.2. The molecular formula is C23H35N5O7S. The Hall–Kier alpha value is -3.32. The molecule has 4 amide bonds. The Kier molecular flexibility index (Phi) is 12.7. The van der Waals surface area contributed by atoms with Crippen molar-refractivity contribution in [3.63, 3.8) is 0 Å². The molecule has 0 aliphatic heterocycles. The Balaban J connectivity index is 3.09. The second-order valence-corrected chi connectivity index (χ2v) is 9.61. The highest BCUT2D eigenvalue weighted by Crippen LogP contribution is 2.13. The summed E-state index contributed by atoms with van der Waals surface area (Å²) in [5.41, 5.74) is 11.4. The van der Waals surface area contributed by atoms with Gasteiger partial charge in [-0.15, -0.1) is 0 Å². The summed E-state index contributed by atoms with van der Waals surface area (Å²) in [5, 5.41) is 26.5. The number of aliphatic carboxylic acids is 1. The van der Waals surface area contributed by atoms with Crippen LogP contribution in [0.25, 0.3) is 0 Å². The van der Waals surface area contributed by atoms with Gasteiger partial charge >= 0.3 is 5.97 Å². The highest BCUT2D eigenvalue weighted by molar-refractivity contribution is 7.98. The van der Waals surface area contributed by atoms with E-state index in [1.807, 2.05) is 6.26 Å². The van der Waals surface area contributed by atoms with Crippen LogP contribution in [0, 0.1) is 5.92 Å². The summed E-state index contributed by atoms with van der Waals surface area (Å²) < 4.78 is 0. The molecule has 1 rings (SSSR count). The fourth-order valence-electron chi connectivity index (χ4n) is 3.21. The minimum atomic E-state index is -1.28. The van der Waals surface area contributed by atoms with Crippen molar-refractivity contribution in [1.82, 2.24) is 16.0 Å². The average Bonchev–Trinajstić information content (AvgIpc) is 2.79. The number of carbonyl (C=O) groups excluding carboxylic acids is 4. The van der Waals surface area contributed by atoms with Gasteiger partial charge in [-0.25, -0.2) is 4.79 Å². The lowest BCUT2D eigenvalue weighted by atomic mass is 10.00. The summed E-state index contributed by atoms with van der Waals surface area (Å²) in [6.07, 6.45) is 1.58. The third-order valence-electron chi connectivity index (χ3n) is 5.24. The number of thioether (sulfide) groups is 1. The standard InChI is InChI=1S/C23H35N5O7S/c1-12(2)19(22(33)26-16(23(34)35)8-9-36-3)28-21(32)17(10-13-4-6-14(29)7-5-13)27-20(31)15(24)11-18(25)30/h4-7,12,15-17,19,29H,8-11,24H2,1-3H3,(H2,25,30)(H,26,33)(H,27,31)(H,28,32)(H,34,35). The Morgan fingerprint density at radius 3 is 2.03 bits per heavy atom. The predicted octanol–water partition coefficient (Wildman–Crippen LogP) is -0.914. The zero-order valence-corrected chi connectivity index (χ0v) is 21.3. The molecule has 4 atom stereocenters. The molecule has 4 unspecified atom stereocenters. The number of carboxylic acids is 1. The van der Waals surface area contributed by atoms with Crippen LogP contribution in [0.15, 0.2) is 24.3 Å². The molecule has 0 radical (unpaired) electrons. The molecule has 12 nitrogen and oxygen atoms in total. The van der Waals surface area contributed by atoms with Gasteiger partial charge < -0.3 is 37.6 Å². The van der Waals surface area contributed by atoms with E-state index in [1.54, 1.807) is 26.0 Å². The Morgan fingerprint density at radius 2 is 1.53 bits per heavy atom. The largest absolute Gasteiger partial charge is 0.508 e. The van der Waals surface area contributed by atoms with E-state index >= 15 is 0 Å². The molecule has 0 spiro atoms. The summed E-state index contributed by atoms with van der Waals surface area (Å²) in [5.74, 6) is -4.04. The number of nitrogens with two attached hydrogens (primary N) is 2. The number of phenolic OH excluding ortho intramolecular Hbond substituents is 1. The fourth-order valence-corrected chi connectivity index (χ4v) is 3.68. The van der Waals surface area contributed by atoms with Crippen molar-refractivity contribution in [2.75, 3.05) is 12.0 Å². The number of primary amides is 1. The maximum atomic E-state index is 13.2. The summed E-state index contributed by atoms with van der Waals surface area (Å²) in [6, 6.07) is 1.25. The Bertz CT molecular complexity index is 926.